The Kier molecular flexibility index (Phi) is 3.94. The van der Waals surface area contributed by atoms with Gasteiger partial charge in [-0.3, -0.25) is 4.79 Å². The fourth-order valence-electron chi connectivity index (χ4n) is 1.76. The van der Waals surface area contributed by atoms with E-state index in [0.29, 0.717) is 21.4 Å². The van der Waals surface area contributed by atoms with E-state index in [-0.39, 0.29) is 5.82 Å². The van der Waals surface area contributed by atoms with Crippen LogP contribution in [0.25, 0.3) is 0 Å². The largest absolute Gasteiger partial charge is 0.397 e. The van der Waals surface area contributed by atoms with E-state index in [1.165, 1.54) is 12.1 Å². The van der Waals surface area contributed by atoms with Crippen molar-refractivity contribution in [3.63, 3.8) is 0 Å². The molecule has 0 saturated heterocycles. The topological polar surface area (TPSA) is 81.1 Å². The molecule has 0 aliphatic heterocycles. The first-order chi connectivity index (χ1) is 9.38. The maximum atomic E-state index is 13.4. The van der Waals surface area contributed by atoms with Crippen LogP contribution in [0.1, 0.15) is 15.9 Å². The zero-order valence-electron chi connectivity index (χ0n) is 10.7. The lowest BCUT2D eigenvalue weighted by molar-refractivity contribution is 0.100. The Bertz CT molecular complexity index is 688. The van der Waals surface area contributed by atoms with Gasteiger partial charge in [-0.15, -0.1) is 0 Å². The number of nitrogens with two attached hydrogens (primary N) is 2. The molecule has 0 aromatic heterocycles. The van der Waals surface area contributed by atoms with Gasteiger partial charge >= 0.3 is 0 Å². The Hall–Kier alpha value is -2.08. The summed E-state index contributed by atoms with van der Waals surface area (Å²) in [5.74, 6) is -0.867. The summed E-state index contributed by atoms with van der Waals surface area (Å²) in [4.78, 5) is 11.1. The van der Waals surface area contributed by atoms with Crippen molar-refractivity contribution in [1.29, 1.82) is 0 Å². The molecule has 0 aliphatic rings. The molecular formula is C14H13BrFN3O. The third-order valence-corrected chi connectivity index (χ3v) is 3.48. The lowest BCUT2D eigenvalue weighted by Crippen LogP contribution is -2.11. The second-order valence-corrected chi connectivity index (χ2v) is 5.23. The Balaban J connectivity index is 2.35. The quantitative estimate of drug-likeness (QED) is 0.751. The number of nitrogen functional groups attached to an aromatic ring is 1. The number of hydrogen-bond donors (Lipinski definition) is 3. The highest BCUT2D eigenvalue weighted by molar-refractivity contribution is 9.10. The first-order valence-electron chi connectivity index (χ1n) is 5.80. The lowest BCUT2D eigenvalue weighted by Gasteiger charge is -2.13. The highest BCUT2D eigenvalue weighted by Gasteiger charge is 2.09. The number of anilines is 3. The molecule has 2 aromatic rings. The zero-order valence-corrected chi connectivity index (χ0v) is 12.3. The summed E-state index contributed by atoms with van der Waals surface area (Å²) in [6.45, 7) is 1.78. The number of aryl methyl sites for hydroxylation is 1. The van der Waals surface area contributed by atoms with Gasteiger partial charge in [0.05, 0.1) is 15.8 Å². The molecule has 0 bridgehead atoms. The molecule has 1 amide bonds. The van der Waals surface area contributed by atoms with Gasteiger partial charge in [-0.05, 0) is 58.7 Å². The molecule has 0 fully saturated rings. The molecule has 20 heavy (non-hydrogen) atoms. The first-order valence-corrected chi connectivity index (χ1v) is 6.60. The second kappa shape index (κ2) is 5.50. The number of benzene rings is 2. The number of carbonyl (C=O) groups is 1. The monoisotopic (exact) mass is 337 g/mol. The third kappa shape index (κ3) is 2.91. The van der Waals surface area contributed by atoms with Gasteiger partial charge in [0.2, 0.25) is 5.91 Å². The van der Waals surface area contributed by atoms with E-state index in [0.717, 1.165) is 11.3 Å². The number of halogens is 2. The van der Waals surface area contributed by atoms with Crippen molar-refractivity contribution in [2.75, 3.05) is 11.1 Å². The summed E-state index contributed by atoms with van der Waals surface area (Å²) in [5.41, 5.74) is 13.9. The van der Waals surface area contributed by atoms with Crippen LogP contribution in [0.2, 0.25) is 0 Å². The molecule has 6 heteroatoms. The van der Waals surface area contributed by atoms with Gasteiger partial charge < -0.3 is 16.8 Å². The first kappa shape index (κ1) is 14.3. The fourth-order valence-corrected chi connectivity index (χ4v) is 2.10. The van der Waals surface area contributed by atoms with Crippen LogP contribution in [0.4, 0.5) is 21.5 Å². The Morgan fingerprint density at radius 1 is 1.25 bits per heavy atom. The second-order valence-electron chi connectivity index (χ2n) is 4.37. The Labute approximate surface area is 124 Å². The number of rotatable bonds is 3. The molecule has 4 nitrogen and oxygen atoms in total. The number of amides is 1. The van der Waals surface area contributed by atoms with E-state index in [9.17, 15) is 9.18 Å². The van der Waals surface area contributed by atoms with Gasteiger partial charge in [-0.2, -0.15) is 0 Å². The van der Waals surface area contributed by atoms with Crippen molar-refractivity contribution < 1.29 is 9.18 Å². The van der Waals surface area contributed by atoms with Gasteiger partial charge in [-0.1, -0.05) is 0 Å². The molecule has 104 valence electrons. The fraction of sp³-hybridized carbons (Fsp3) is 0.0714. The highest BCUT2D eigenvalue weighted by atomic mass is 79.9. The van der Waals surface area contributed by atoms with E-state index < -0.39 is 5.91 Å². The van der Waals surface area contributed by atoms with Gasteiger partial charge in [0, 0.05) is 11.3 Å². The van der Waals surface area contributed by atoms with Crippen molar-refractivity contribution in [2.24, 2.45) is 5.73 Å². The molecular weight excluding hydrogens is 325 g/mol. The molecule has 0 radical (unpaired) electrons. The van der Waals surface area contributed by atoms with Crippen LogP contribution < -0.4 is 16.8 Å². The van der Waals surface area contributed by atoms with E-state index in [1.54, 1.807) is 25.1 Å². The van der Waals surface area contributed by atoms with Gasteiger partial charge in [0.15, 0.2) is 0 Å². The lowest BCUT2D eigenvalue weighted by atomic mass is 10.1. The summed E-state index contributed by atoms with van der Waals surface area (Å²) < 4.78 is 13.7. The molecule has 0 aliphatic carbocycles. The number of hydrogen-bond acceptors (Lipinski definition) is 3. The van der Waals surface area contributed by atoms with E-state index in [2.05, 4.69) is 21.2 Å². The smallest absolute Gasteiger partial charge is 0.248 e. The predicted octanol–water partition coefficient (Wildman–Crippen LogP) is 3.32. The summed E-state index contributed by atoms with van der Waals surface area (Å²) in [5, 5.41) is 3.10. The summed E-state index contributed by atoms with van der Waals surface area (Å²) in [6.07, 6.45) is 0. The molecule has 0 saturated carbocycles. The van der Waals surface area contributed by atoms with Crippen molar-refractivity contribution in [2.45, 2.75) is 6.92 Å². The number of nitrogens with one attached hydrogen (secondary N) is 1. The van der Waals surface area contributed by atoms with E-state index in [1.807, 2.05) is 0 Å². The standard InChI is InChI=1S/C14H13BrFN3O/c1-7-4-10(16)9(15)6-13(7)19-12-3-2-8(14(18)20)5-11(12)17/h2-6,19H,17H2,1H3,(H2,18,20). The minimum absolute atomic E-state index is 0.329. The van der Waals surface area contributed by atoms with Crippen LogP contribution in [0.15, 0.2) is 34.8 Å². The van der Waals surface area contributed by atoms with Crippen LogP contribution in [-0.2, 0) is 0 Å². The number of primary amides is 1. The van der Waals surface area contributed by atoms with Crippen molar-refractivity contribution >= 4 is 38.9 Å². The van der Waals surface area contributed by atoms with Crippen molar-refractivity contribution in [1.82, 2.24) is 0 Å². The van der Waals surface area contributed by atoms with Crippen LogP contribution in [0.5, 0.6) is 0 Å². The molecule has 0 spiro atoms. The Morgan fingerprint density at radius 2 is 1.95 bits per heavy atom. The third-order valence-electron chi connectivity index (χ3n) is 2.87. The van der Waals surface area contributed by atoms with Gasteiger partial charge in [-0.25, -0.2) is 4.39 Å². The molecule has 5 N–H and O–H groups in total. The SMILES string of the molecule is Cc1cc(F)c(Br)cc1Nc1ccc(C(N)=O)cc1N. The van der Waals surface area contributed by atoms with Crippen LogP contribution in [0, 0.1) is 12.7 Å². The Morgan fingerprint density at radius 3 is 2.55 bits per heavy atom. The van der Waals surface area contributed by atoms with Crippen molar-refractivity contribution in [3.05, 3.63) is 51.7 Å². The average Bonchev–Trinajstić information content (AvgIpc) is 2.37. The average molecular weight is 338 g/mol. The van der Waals surface area contributed by atoms with Gasteiger partial charge in [0.1, 0.15) is 5.82 Å². The molecule has 0 atom stereocenters. The predicted molar refractivity (Wildman–Crippen MR) is 81.5 cm³/mol. The van der Waals surface area contributed by atoms with Gasteiger partial charge in [0.25, 0.3) is 0 Å². The zero-order chi connectivity index (χ0) is 14.9. The maximum absolute atomic E-state index is 13.4. The summed E-state index contributed by atoms with van der Waals surface area (Å²) in [6, 6.07) is 7.78. The molecule has 2 aromatic carbocycles. The molecule has 0 heterocycles. The minimum atomic E-state index is -0.538. The number of carbonyl (C=O) groups excluding carboxylic acids is 1. The normalized spacial score (nSPS) is 10.3. The van der Waals surface area contributed by atoms with E-state index in [4.69, 9.17) is 11.5 Å². The summed E-state index contributed by atoms with van der Waals surface area (Å²) in [7, 11) is 0. The molecule has 2 rings (SSSR count). The van der Waals surface area contributed by atoms with Crippen LogP contribution in [0.3, 0.4) is 0 Å². The highest BCUT2D eigenvalue weighted by Crippen LogP contribution is 2.29. The maximum Gasteiger partial charge on any atom is 0.248 e. The molecule has 0 unspecified atom stereocenters. The summed E-state index contributed by atoms with van der Waals surface area (Å²) >= 11 is 3.14. The van der Waals surface area contributed by atoms with Crippen LogP contribution >= 0.6 is 15.9 Å². The van der Waals surface area contributed by atoms with E-state index >= 15 is 0 Å². The van der Waals surface area contributed by atoms with Crippen LogP contribution in [-0.4, -0.2) is 5.91 Å². The minimum Gasteiger partial charge on any atom is -0.397 e. The van der Waals surface area contributed by atoms with Crippen molar-refractivity contribution in [3.8, 4) is 0 Å².